The van der Waals surface area contributed by atoms with Gasteiger partial charge in [0.2, 0.25) is 4.77 Å². The lowest BCUT2D eigenvalue weighted by molar-refractivity contribution is 0.583. The number of aromatic nitrogens is 5. The number of aryl methyl sites for hydroxylation is 2. The minimum atomic E-state index is 0.485. The lowest BCUT2D eigenvalue weighted by Crippen LogP contribution is -2.03. The second kappa shape index (κ2) is 4.10. The molecule has 2 aromatic heterocycles. The monoisotopic (exact) mass is 207 g/mol. The first-order chi connectivity index (χ1) is 6.86. The molecule has 1 N–H and O–H groups in total. The molecule has 72 valence electrons. The van der Waals surface area contributed by atoms with Crippen LogP contribution in [-0.2, 0) is 13.0 Å². The molecule has 0 aliphatic carbocycles. The molecule has 14 heavy (non-hydrogen) atoms. The zero-order valence-corrected chi connectivity index (χ0v) is 8.24. The van der Waals surface area contributed by atoms with E-state index in [4.69, 9.17) is 12.2 Å². The average Bonchev–Trinajstić information content (AvgIpc) is 2.63. The van der Waals surface area contributed by atoms with Crippen LogP contribution in [0, 0.1) is 4.77 Å². The molecule has 0 saturated heterocycles. The molecule has 2 rings (SSSR count). The van der Waals surface area contributed by atoms with Crippen LogP contribution >= 0.6 is 12.2 Å². The van der Waals surface area contributed by atoms with Crippen molar-refractivity contribution in [2.45, 2.75) is 13.0 Å². The Kier molecular flexibility index (Phi) is 2.64. The molecule has 0 aliphatic rings. The van der Waals surface area contributed by atoms with E-state index in [1.807, 2.05) is 12.1 Å². The molecule has 0 aliphatic heterocycles. The van der Waals surface area contributed by atoms with E-state index in [2.05, 4.69) is 20.5 Å². The summed E-state index contributed by atoms with van der Waals surface area (Å²) in [4.78, 5) is 3.95. The molecule has 0 aromatic carbocycles. The van der Waals surface area contributed by atoms with E-state index in [1.54, 1.807) is 17.1 Å². The van der Waals surface area contributed by atoms with Crippen LogP contribution in [0.4, 0.5) is 0 Å². The fourth-order valence-electron chi connectivity index (χ4n) is 1.15. The quantitative estimate of drug-likeness (QED) is 0.762. The summed E-state index contributed by atoms with van der Waals surface area (Å²) in [6.45, 7) is 0.760. The minimum Gasteiger partial charge on any atom is -0.265 e. The molecule has 6 heteroatoms. The van der Waals surface area contributed by atoms with E-state index in [1.165, 1.54) is 5.56 Å². The fraction of sp³-hybridized carbons (Fsp3) is 0.250. The van der Waals surface area contributed by atoms with Gasteiger partial charge in [-0.1, -0.05) is 10.3 Å². The highest BCUT2D eigenvalue weighted by atomic mass is 32.1. The minimum absolute atomic E-state index is 0.485. The van der Waals surface area contributed by atoms with Gasteiger partial charge >= 0.3 is 0 Å². The van der Waals surface area contributed by atoms with Gasteiger partial charge in [-0.3, -0.25) is 4.98 Å². The molecule has 0 atom stereocenters. The van der Waals surface area contributed by atoms with Gasteiger partial charge in [0.25, 0.3) is 0 Å². The van der Waals surface area contributed by atoms with E-state index < -0.39 is 0 Å². The van der Waals surface area contributed by atoms with Gasteiger partial charge in [0.1, 0.15) is 0 Å². The summed E-state index contributed by atoms with van der Waals surface area (Å²) in [6.07, 6.45) is 4.44. The summed E-state index contributed by atoms with van der Waals surface area (Å²) < 4.78 is 2.22. The van der Waals surface area contributed by atoms with E-state index >= 15 is 0 Å². The molecule has 0 unspecified atom stereocenters. The number of H-pyrrole nitrogens is 1. The van der Waals surface area contributed by atoms with Gasteiger partial charge in [-0.2, -0.15) is 5.21 Å². The first kappa shape index (κ1) is 9.01. The van der Waals surface area contributed by atoms with E-state index in [9.17, 15) is 0 Å². The molecule has 0 amide bonds. The summed E-state index contributed by atoms with van der Waals surface area (Å²) in [5, 5.41) is 10.0. The summed E-state index contributed by atoms with van der Waals surface area (Å²) in [5.74, 6) is 0. The first-order valence-corrected chi connectivity index (χ1v) is 4.64. The van der Waals surface area contributed by atoms with Crippen molar-refractivity contribution < 1.29 is 0 Å². The molecule has 2 heterocycles. The van der Waals surface area contributed by atoms with Crippen LogP contribution < -0.4 is 0 Å². The van der Waals surface area contributed by atoms with Crippen molar-refractivity contribution in [3.05, 3.63) is 34.9 Å². The summed E-state index contributed by atoms with van der Waals surface area (Å²) in [6, 6.07) is 3.96. The summed E-state index contributed by atoms with van der Waals surface area (Å²) in [7, 11) is 0. The lowest BCUT2D eigenvalue weighted by atomic mass is 10.2. The smallest absolute Gasteiger partial charge is 0.238 e. The van der Waals surface area contributed by atoms with Crippen LogP contribution in [0.5, 0.6) is 0 Å². The number of hydrogen-bond acceptors (Lipinski definition) is 4. The topological polar surface area (TPSA) is 59.4 Å². The number of pyridine rings is 1. The number of rotatable bonds is 3. The Morgan fingerprint density at radius 1 is 1.36 bits per heavy atom. The van der Waals surface area contributed by atoms with Crippen molar-refractivity contribution >= 4 is 12.2 Å². The Labute approximate surface area is 85.8 Å². The van der Waals surface area contributed by atoms with Gasteiger partial charge in [-0.05, 0) is 36.3 Å². The third-order valence-corrected chi connectivity index (χ3v) is 2.21. The zero-order valence-electron chi connectivity index (χ0n) is 7.42. The highest BCUT2D eigenvalue weighted by Gasteiger charge is 1.96. The number of tetrazole rings is 1. The lowest BCUT2D eigenvalue weighted by Gasteiger charge is -2.00. The number of hydrogen-bond donors (Lipinski definition) is 1. The van der Waals surface area contributed by atoms with Gasteiger partial charge in [-0.25, -0.2) is 4.68 Å². The molecule has 0 fully saturated rings. The Bertz CT molecular complexity index is 446. The maximum atomic E-state index is 4.95. The number of nitrogens with zero attached hydrogens (tertiary/aromatic N) is 4. The molecular formula is C8H9N5S. The third-order valence-electron chi connectivity index (χ3n) is 1.91. The molecule has 0 radical (unpaired) electrons. The molecule has 0 bridgehead atoms. The third kappa shape index (κ3) is 2.02. The normalized spacial score (nSPS) is 10.3. The van der Waals surface area contributed by atoms with E-state index in [0.29, 0.717) is 4.77 Å². The Morgan fingerprint density at radius 2 is 2.14 bits per heavy atom. The van der Waals surface area contributed by atoms with Gasteiger partial charge in [-0.15, -0.1) is 0 Å². The first-order valence-electron chi connectivity index (χ1n) is 4.23. The molecule has 5 nitrogen and oxygen atoms in total. The number of nitrogens with one attached hydrogen (secondary N) is 1. The summed E-state index contributed by atoms with van der Waals surface area (Å²) in [5.41, 5.74) is 1.22. The van der Waals surface area contributed by atoms with Crippen LogP contribution in [0.2, 0.25) is 0 Å². The van der Waals surface area contributed by atoms with E-state index in [0.717, 1.165) is 13.0 Å². The van der Waals surface area contributed by atoms with Crippen LogP contribution in [0.1, 0.15) is 5.56 Å². The predicted octanol–water partition coefficient (Wildman–Crippen LogP) is 0.973. The van der Waals surface area contributed by atoms with Crippen LogP contribution in [0.25, 0.3) is 0 Å². The Morgan fingerprint density at radius 3 is 2.79 bits per heavy atom. The van der Waals surface area contributed by atoms with Crippen molar-refractivity contribution in [3.8, 4) is 0 Å². The van der Waals surface area contributed by atoms with E-state index in [-0.39, 0.29) is 0 Å². The highest BCUT2D eigenvalue weighted by molar-refractivity contribution is 7.71. The standard InChI is InChI=1S/C8H9N5S/c14-8-10-11-12-13(8)6-3-7-1-4-9-5-2-7/h1-2,4-5H,3,6H2,(H,10,12,14). The van der Waals surface area contributed by atoms with Crippen molar-refractivity contribution in [2.75, 3.05) is 0 Å². The van der Waals surface area contributed by atoms with Crippen LogP contribution in [0.15, 0.2) is 24.5 Å². The maximum Gasteiger partial charge on any atom is 0.238 e. The van der Waals surface area contributed by atoms with Crippen molar-refractivity contribution in [2.24, 2.45) is 0 Å². The van der Waals surface area contributed by atoms with Gasteiger partial charge < -0.3 is 0 Å². The van der Waals surface area contributed by atoms with Crippen molar-refractivity contribution in [1.82, 2.24) is 25.2 Å². The Balaban J connectivity index is 2.02. The van der Waals surface area contributed by atoms with Crippen LogP contribution in [0.3, 0.4) is 0 Å². The summed E-state index contributed by atoms with van der Waals surface area (Å²) >= 11 is 4.95. The van der Waals surface area contributed by atoms with Gasteiger partial charge in [0.05, 0.1) is 0 Å². The van der Waals surface area contributed by atoms with Gasteiger partial charge in [0.15, 0.2) is 0 Å². The van der Waals surface area contributed by atoms with Crippen molar-refractivity contribution in [1.29, 1.82) is 0 Å². The van der Waals surface area contributed by atoms with Crippen molar-refractivity contribution in [3.63, 3.8) is 0 Å². The predicted molar refractivity (Wildman–Crippen MR) is 53.1 cm³/mol. The van der Waals surface area contributed by atoms with Crippen LogP contribution in [-0.4, -0.2) is 25.2 Å². The zero-order chi connectivity index (χ0) is 9.80. The molecule has 2 aromatic rings. The Hall–Kier alpha value is -1.56. The molecular weight excluding hydrogens is 198 g/mol. The molecule has 0 spiro atoms. The highest BCUT2D eigenvalue weighted by Crippen LogP contribution is 1.99. The maximum absolute atomic E-state index is 4.95. The number of aromatic amines is 1. The molecule has 0 saturated carbocycles. The largest absolute Gasteiger partial charge is 0.265 e. The average molecular weight is 207 g/mol. The second-order valence-electron chi connectivity index (χ2n) is 2.84. The second-order valence-corrected chi connectivity index (χ2v) is 3.20. The SMILES string of the molecule is S=c1nn[nH]n1CCc1ccncc1. The van der Waals surface area contributed by atoms with Gasteiger partial charge in [0, 0.05) is 18.9 Å². The fourth-order valence-corrected chi connectivity index (χ4v) is 1.32.